The summed E-state index contributed by atoms with van der Waals surface area (Å²) in [7, 11) is -4.03. The van der Waals surface area contributed by atoms with Gasteiger partial charge in [0.2, 0.25) is 9.47 Å². The van der Waals surface area contributed by atoms with Gasteiger partial charge in [0.25, 0.3) is 15.9 Å². The maximum absolute atomic E-state index is 13.3. The molecule has 4 rings (SSSR count). The number of aromatic nitrogens is 2. The van der Waals surface area contributed by atoms with E-state index in [1.165, 1.54) is 0 Å². The molecule has 0 aliphatic heterocycles. The topological polar surface area (TPSA) is 101 Å². The molecule has 0 aliphatic carbocycles. The number of hydrogen-bond donors (Lipinski definition) is 2. The quantitative estimate of drug-likeness (QED) is 0.362. The van der Waals surface area contributed by atoms with E-state index in [4.69, 9.17) is 0 Å². The second-order valence-corrected chi connectivity index (χ2v) is 10.9. The summed E-state index contributed by atoms with van der Waals surface area (Å²) in [4.78, 5) is 12.5. The number of nitrogens with zero attached hydrogens (tertiary/aromatic N) is 2. The maximum Gasteiger partial charge on any atom is 0.270 e. The van der Waals surface area contributed by atoms with Crippen LogP contribution in [0.25, 0.3) is 0 Å². The number of nitrogens with one attached hydrogen (secondary N) is 2. The molecule has 4 aromatic rings. The lowest BCUT2D eigenvalue weighted by molar-refractivity contribution is 0.102. The molecule has 1 atom stereocenters. The van der Waals surface area contributed by atoms with Crippen molar-refractivity contribution in [2.24, 2.45) is 0 Å². The predicted octanol–water partition coefficient (Wildman–Crippen LogP) is 4.78. The standard InChI is InChI=1S/C25H24N4O3S2/c1-16-8-7-11-20(15-16)23(30)26-24-27-28-25(33-24)34(31,32)29-22(19-9-5-4-6-10-19)21-13-12-17(2)14-18(21)3/h4-15,22,29H,1-3H3,(H,26,27,30). The third kappa shape index (κ3) is 5.39. The lowest BCUT2D eigenvalue weighted by atomic mass is 9.95. The van der Waals surface area contributed by atoms with Crippen LogP contribution >= 0.6 is 11.3 Å². The average Bonchev–Trinajstić information content (AvgIpc) is 3.28. The normalized spacial score (nSPS) is 12.3. The van der Waals surface area contributed by atoms with Crippen molar-refractivity contribution in [2.45, 2.75) is 31.2 Å². The van der Waals surface area contributed by atoms with Gasteiger partial charge >= 0.3 is 0 Å². The molecule has 3 aromatic carbocycles. The fraction of sp³-hybridized carbons (Fsp3) is 0.160. The Kier molecular flexibility index (Phi) is 6.87. The van der Waals surface area contributed by atoms with Crippen LogP contribution in [0.2, 0.25) is 0 Å². The zero-order valence-corrected chi connectivity index (χ0v) is 20.6. The minimum absolute atomic E-state index is 0.106. The van der Waals surface area contributed by atoms with Gasteiger partial charge in [-0.05, 0) is 49.6 Å². The van der Waals surface area contributed by atoms with Gasteiger partial charge in [0.15, 0.2) is 0 Å². The van der Waals surface area contributed by atoms with Crippen LogP contribution in [-0.4, -0.2) is 24.5 Å². The third-order valence-corrected chi connectivity index (χ3v) is 7.91. The Bertz CT molecular complexity index is 1430. The number of amides is 1. The predicted molar refractivity (Wildman–Crippen MR) is 134 cm³/mol. The molecule has 1 amide bonds. The molecule has 2 N–H and O–H groups in total. The highest BCUT2D eigenvalue weighted by Crippen LogP contribution is 2.29. The van der Waals surface area contributed by atoms with Crippen LogP contribution in [0.5, 0.6) is 0 Å². The molecule has 1 unspecified atom stereocenters. The first-order chi connectivity index (χ1) is 16.2. The molecular formula is C25H24N4O3S2. The smallest absolute Gasteiger partial charge is 0.270 e. The van der Waals surface area contributed by atoms with E-state index >= 15 is 0 Å². The Morgan fingerprint density at radius 2 is 1.62 bits per heavy atom. The molecule has 174 valence electrons. The number of anilines is 1. The summed E-state index contributed by atoms with van der Waals surface area (Å²) in [6.07, 6.45) is 0. The molecule has 0 aliphatic rings. The first-order valence-corrected chi connectivity index (χ1v) is 12.9. The number of sulfonamides is 1. The second-order valence-electron chi connectivity index (χ2n) is 8.02. The number of benzene rings is 3. The van der Waals surface area contributed by atoms with Crippen molar-refractivity contribution in [2.75, 3.05) is 5.32 Å². The number of hydrogen-bond acceptors (Lipinski definition) is 6. The van der Waals surface area contributed by atoms with Crippen molar-refractivity contribution in [3.05, 3.63) is 106 Å². The minimum atomic E-state index is -4.03. The zero-order valence-electron chi connectivity index (χ0n) is 18.9. The summed E-state index contributed by atoms with van der Waals surface area (Å²) in [5, 5.41) is 10.4. The molecule has 9 heteroatoms. The highest BCUT2D eigenvalue weighted by molar-refractivity contribution is 7.91. The van der Waals surface area contributed by atoms with E-state index in [0.717, 1.165) is 39.2 Å². The van der Waals surface area contributed by atoms with Gasteiger partial charge in [0, 0.05) is 5.56 Å². The van der Waals surface area contributed by atoms with Crippen molar-refractivity contribution in [3.63, 3.8) is 0 Å². The van der Waals surface area contributed by atoms with Crippen LogP contribution in [-0.2, 0) is 10.0 Å². The van der Waals surface area contributed by atoms with E-state index in [-0.39, 0.29) is 15.4 Å². The maximum atomic E-state index is 13.3. The van der Waals surface area contributed by atoms with E-state index in [2.05, 4.69) is 20.2 Å². The summed E-state index contributed by atoms with van der Waals surface area (Å²) < 4.78 is 29.1. The fourth-order valence-electron chi connectivity index (χ4n) is 3.64. The van der Waals surface area contributed by atoms with Gasteiger partial charge < -0.3 is 0 Å². The van der Waals surface area contributed by atoms with Crippen LogP contribution in [0.1, 0.15) is 44.2 Å². The van der Waals surface area contributed by atoms with E-state index in [9.17, 15) is 13.2 Å². The summed E-state index contributed by atoms with van der Waals surface area (Å²) in [6, 6.07) is 21.7. The third-order valence-electron chi connectivity index (χ3n) is 5.28. The summed E-state index contributed by atoms with van der Waals surface area (Å²) >= 11 is 0.801. The number of carbonyl (C=O) groups excluding carboxylic acids is 1. The summed E-state index contributed by atoms with van der Waals surface area (Å²) in [5.41, 5.74) is 5.11. The minimum Gasteiger partial charge on any atom is -0.296 e. The SMILES string of the molecule is Cc1cccc(C(=O)Nc2nnc(S(=O)(=O)NC(c3ccccc3)c3ccc(C)cc3C)s2)c1. The Balaban J connectivity index is 1.60. The molecule has 1 heterocycles. The average molecular weight is 493 g/mol. The van der Waals surface area contributed by atoms with Crippen molar-refractivity contribution in [1.29, 1.82) is 0 Å². The lowest BCUT2D eigenvalue weighted by Gasteiger charge is -2.21. The highest BCUT2D eigenvalue weighted by Gasteiger charge is 2.27. The van der Waals surface area contributed by atoms with Gasteiger partial charge in [-0.15, -0.1) is 10.2 Å². The monoisotopic (exact) mass is 492 g/mol. The largest absolute Gasteiger partial charge is 0.296 e. The first-order valence-electron chi connectivity index (χ1n) is 10.6. The van der Waals surface area contributed by atoms with Gasteiger partial charge in [-0.25, -0.2) is 8.42 Å². The highest BCUT2D eigenvalue weighted by atomic mass is 32.2. The van der Waals surface area contributed by atoms with E-state index in [1.807, 2.05) is 75.4 Å². The molecular weight excluding hydrogens is 468 g/mol. The number of rotatable bonds is 7. The van der Waals surface area contributed by atoms with Gasteiger partial charge in [0.05, 0.1) is 6.04 Å². The van der Waals surface area contributed by atoms with Crippen molar-refractivity contribution in [3.8, 4) is 0 Å². The molecule has 34 heavy (non-hydrogen) atoms. The molecule has 0 saturated carbocycles. The van der Waals surface area contributed by atoms with Crippen LogP contribution in [0.3, 0.4) is 0 Å². The van der Waals surface area contributed by atoms with Crippen LogP contribution in [0.4, 0.5) is 5.13 Å². The van der Waals surface area contributed by atoms with Crippen LogP contribution < -0.4 is 10.0 Å². The van der Waals surface area contributed by atoms with Crippen molar-refractivity contribution >= 4 is 32.4 Å². The first kappa shape index (κ1) is 23.7. The Labute approximate surface area is 202 Å². The second kappa shape index (κ2) is 9.84. The summed E-state index contributed by atoms with van der Waals surface area (Å²) in [5.74, 6) is -0.380. The van der Waals surface area contributed by atoms with Crippen LogP contribution in [0.15, 0.2) is 77.1 Å². The van der Waals surface area contributed by atoms with Gasteiger partial charge in [0.1, 0.15) is 0 Å². The molecule has 0 radical (unpaired) electrons. The molecule has 0 fully saturated rings. The number of carbonyl (C=O) groups is 1. The van der Waals surface area contributed by atoms with Gasteiger partial charge in [-0.3, -0.25) is 10.1 Å². The zero-order chi connectivity index (χ0) is 24.3. The van der Waals surface area contributed by atoms with E-state index < -0.39 is 16.1 Å². The molecule has 0 spiro atoms. The van der Waals surface area contributed by atoms with E-state index in [1.54, 1.807) is 18.2 Å². The van der Waals surface area contributed by atoms with E-state index in [0.29, 0.717) is 5.56 Å². The summed E-state index contributed by atoms with van der Waals surface area (Å²) in [6.45, 7) is 5.83. The molecule has 0 saturated heterocycles. The van der Waals surface area contributed by atoms with Crippen molar-refractivity contribution < 1.29 is 13.2 Å². The Morgan fingerprint density at radius 3 is 2.32 bits per heavy atom. The lowest BCUT2D eigenvalue weighted by Crippen LogP contribution is -2.30. The molecule has 1 aromatic heterocycles. The Morgan fingerprint density at radius 1 is 0.882 bits per heavy atom. The molecule has 0 bridgehead atoms. The Hall–Kier alpha value is -3.40. The van der Waals surface area contributed by atoms with Gasteiger partial charge in [-0.2, -0.15) is 4.72 Å². The van der Waals surface area contributed by atoms with Crippen molar-refractivity contribution in [1.82, 2.24) is 14.9 Å². The molecule has 7 nitrogen and oxygen atoms in total. The fourth-order valence-corrected chi connectivity index (χ4v) is 5.75. The number of aryl methyl sites for hydroxylation is 3. The van der Waals surface area contributed by atoms with Crippen LogP contribution in [0, 0.1) is 20.8 Å². The van der Waals surface area contributed by atoms with Gasteiger partial charge in [-0.1, -0.05) is 83.1 Å².